The highest BCUT2D eigenvalue weighted by Crippen LogP contribution is 2.34. The summed E-state index contributed by atoms with van der Waals surface area (Å²) in [6.07, 6.45) is 4.11. The lowest BCUT2D eigenvalue weighted by molar-refractivity contribution is 1.37. The number of hydrogen-bond donors (Lipinski definition) is 0. The van der Waals surface area contributed by atoms with Crippen LogP contribution in [0, 0.1) is 0 Å². The number of aromatic nitrogens is 1. The molecule has 0 amide bonds. The van der Waals surface area contributed by atoms with Crippen molar-refractivity contribution in [3.05, 3.63) is 71.8 Å². The first kappa shape index (κ1) is 16.1. The number of nitrogens with zero attached hydrogens (tertiary/aromatic N) is 1. The Bertz CT molecular complexity index is 822. The molecule has 0 N–H and O–H groups in total. The monoisotopic (exact) mass is 497 g/mol. The van der Waals surface area contributed by atoms with Gasteiger partial charge in [0.2, 0.25) is 0 Å². The highest BCUT2D eigenvalue weighted by atomic mass is 79.9. The molecule has 0 saturated carbocycles. The Kier molecular flexibility index (Phi) is 5.29. The van der Waals surface area contributed by atoms with Crippen LogP contribution in [0.5, 0.6) is 0 Å². The number of halogens is 3. The van der Waals surface area contributed by atoms with Crippen LogP contribution in [-0.2, 0) is 0 Å². The second-order valence-corrected chi connectivity index (χ2v) is 8.75. The maximum absolute atomic E-state index is 4.71. The van der Waals surface area contributed by atoms with Crippen LogP contribution < -0.4 is 0 Å². The van der Waals surface area contributed by atoms with Crippen LogP contribution in [0.25, 0.3) is 23.4 Å². The van der Waals surface area contributed by atoms with Crippen LogP contribution in [0.15, 0.2) is 61.3 Å². The summed E-state index contributed by atoms with van der Waals surface area (Å²) in [7, 11) is 0. The molecule has 5 heteroatoms. The van der Waals surface area contributed by atoms with Crippen LogP contribution in [0.4, 0.5) is 0 Å². The second kappa shape index (κ2) is 7.21. The van der Waals surface area contributed by atoms with Gasteiger partial charge in [0.1, 0.15) is 5.01 Å². The van der Waals surface area contributed by atoms with Gasteiger partial charge in [-0.2, -0.15) is 0 Å². The van der Waals surface area contributed by atoms with E-state index in [4.69, 9.17) is 4.98 Å². The molecule has 0 bridgehead atoms. The van der Waals surface area contributed by atoms with E-state index in [1.54, 1.807) is 11.3 Å². The highest BCUT2D eigenvalue weighted by Gasteiger charge is 2.09. The van der Waals surface area contributed by atoms with Gasteiger partial charge in [-0.3, -0.25) is 0 Å². The molecule has 0 fully saturated rings. The Morgan fingerprint density at radius 3 is 2.36 bits per heavy atom. The third kappa shape index (κ3) is 3.96. The van der Waals surface area contributed by atoms with Gasteiger partial charge >= 0.3 is 0 Å². The first-order valence-corrected chi connectivity index (χ1v) is 9.67. The van der Waals surface area contributed by atoms with Crippen LogP contribution in [-0.4, -0.2) is 4.98 Å². The molecule has 0 spiro atoms. The summed E-state index contributed by atoms with van der Waals surface area (Å²) >= 11 is 12.2. The van der Waals surface area contributed by atoms with Crippen molar-refractivity contribution in [2.45, 2.75) is 0 Å². The van der Waals surface area contributed by atoms with E-state index in [-0.39, 0.29) is 0 Å². The van der Waals surface area contributed by atoms with Crippen molar-refractivity contribution in [3.63, 3.8) is 0 Å². The molecule has 1 heterocycles. The Morgan fingerprint density at radius 2 is 1.64 bits per heavy atom. The van der Waals surface area contributed by atoms with Crippen molar-refractivity contribution in [3.8, 4) is 11.3 Å². The molecule has 0 saturated heterocycles. The molecule has 3 aromatic rings. The predicted octanol–water partition coefficient (Wildman–Crippen LogP) is 7.27. The van der Waals surface area contributed by atoms with E-state index in [1.807, 2.05) is 30.3 Å². The maximum atomic E-state index is 4.71. The van der Waals surface area contributed by atoms with Crippen molar-refractivity contribution in [1.82, 2.24) is 4.98 Å². The minimum absolute atomic E-state index is 0.977. The van der Waals surface area contributed by atoms with Crippen LogP contribution in [0.3, 0.4) is 0 Å². The third-order valence-corrected chi connectivity index (χ3v) is 5.68. The lowest BCUT2D eigenvalue weighted by Gasteiger charge is -1.97. The maximum Gasteiger partial charge on any atom is 0.117 e. The molecule has 0 atom stereocenters. The second-order valence-electron chi connectivity index (χ2n) is 4.57. The zero-order valence-corrected chi connectivity index (χ0v) is 16.8. The van der Waals surface area contributed by atoms with Crippen molar-refractivity contribution in [2.24, 2.45) is 0 Å². The summed E-state index contributed by atoms with van der Waals surface area (Å²) in [5.74, 6) is 0. The minimum atomic E-state index is 0.977. The third-order valence-electron chi connectivity index (χ3n) is 2.99. The molecular formula is C17H10Br3NS. The van der Waals surface area contributed by atoms with Crippen molar-refractivity contribution >= 4 is 71.3 Å². The van der Waals surface area contributed by atoms with Gasteiger partial charge in [0.15, 0.2) is 0 Å². The normalized spacial score (nSPS) is 11.2. The molecule has 0 aliphatic rings. The molecule has 2 aromatic carbocycles. The van der Waals surface area contributed by atoms with Gasteiger partial charge in [0.25, 0.3) is 0 Å². The zero-order valence-electron chi connectivity index (χ0n) is 11.3. The standard InChI is InChI=1S/C17H10Br3NS/c18-13-7-5-12(6-8-13)16-17(20)22-15(21-16)9-4-11-2-1-3-14(19)10-11/h1-10H/b9-4+. The van der Waals surface area contributed by atoms with Crippen LogP contribution in [0.1, 0.15) is 10.6 Å². The Balaban J connectivity index is 1.87. The Hall–Kier alpha value is -0.750. The van der Waals surface area contributed by atoms with E-state index in [2.05, 4.69) is 78.1 Å². The van der Waals surface area contributed by atoms with Gasteiger partial charge in [0, 0.05) is 14.5 Å². The SMILES string of the molecule is Brc1ccc(-c2nc(/C=C/c3cccc(Br)c3)sc2Br)cc1. The summed E-state index contributed by atoms with van der Waals surface area (Å²) in [4.78, 5) is 4.71. The first-order valence-electron chi connectivity index (χ1n) is 6.48. The highest BCUT2D eigenvalue weighted by molar-refractivity contribution is 9.11. The summed E-state index contributed by atoms with van der Waals surface area (Å²) in [5, 5.41) is 0.977. The Labute approximate surface area is 158 Å². The topological polar surface area (TPSA) is 12.9 Å². The van der Waals surface area contributed by atoms with Gasteiger partial charge in [-0.1, -0.05) is 62.2 Å². The van der Waals surface area contributed by atoms with E-state index in [0.717, 1.165) is 34.6 Å². The molecular weight excluding hydrogens is 490 g/mol. The van der Waals surface area contributed by atoms with Crippen molar-refractivity contribution in [2.75, 3.05) is 0 Å². The fraction of sp³-hybridized carbons (Fsp3) is 0. The quantitative estimate of drug-likeness (QED) is 0.369. The summed E-state index contributed by atoms with van der Waals surface area (Å²) < 4.78 is 3.19. The van der Waals surface area contributed by atoms with Crippen LogP contribution in [0.2, 0.25) is 0 Å². The van der Waals surface area contributed by atoms with E-state index >= 15 is 0 Å². The van der Waals surface area contributed by atoms with Gasteiger partial charge in [-0.05, 0) is 51.8 Å². The van der Waals surface area contributed by atoms with Gasteiger partial charge in [0.05, 0.1) is 9.48 Å². The molecule has 110 valence electrons. The lowest BCUT2D eigenvalue weighted by Crippen LogP contribution is -1.79. The van der Waals surface area contributed by atoms with Crippen molar-refractivity contribution in [1.29, 1.82) is 0 Å². The summed E-state index contributed by atoms with van der Waals surface area (Å²) in [5.41, 5.74) is 3.23. The first-order chi connectivity index (χ1) is 10.6. The van der Waals surface area contributed by atoms with Gasteiger partial charge in [-0.25, -0.2) is 4.98 Å². The average molecular weight is 500 g/mol. The van der Waals surface area contributed by atoms with E-state index in [1.165, 1.54) is 0 Å². The molecule has 22 heavy (non-hydrogen) atoms. The fourth-order valence-electron chi connectivity index (χ4n) is 1.95. The largest absolute Gasteiger partial charge is 0.235 e. The summed E-state index contributed by atoms with van der Waals surface area (Å²) in [6.45, 7) is 0. The predicted molar refractivity (Wildman–Crippen MR) is 106 cm³/mol. The molecule has 0 aliphatic heterocycles. The molecule has 3 rings (SSSR count). The average Bonchev–Trinajstić information content (AvgIpc) is 2.87. The van der Waals surface area contributed by atoms with Crippen molar-refractivity contribution < 1.29 is 0 Å². The van der Waals surface area contributed by atoms with E-state index in [9.17, 15) is 0 Å². The van der Waals surface area contributed by atoms with Crippen LogP contribution >= 0.6 is 59.1 Å². The lowest BCUT2D eigenvalue weighted by atomic mass is 10.2. The van der Waals surface area contributed by atoms with E-state index < -0.39 is 0 Å². The van der Waals surface area contributed by atoms with E-state index in [0.29, 0.717) is 0 Å². The number of thiazole rings is 1. The smallest absolute Gasteiger partial charge is 0.117 e. The minimum Gasteiger partial charge on any atom is -0.235 e. The molecule has 0 radical (unpaired) electrons. The molecule has 1 aromatic heterocycles. The number of rotatable bonds is 3. The molecule has 0 aliphatic carbocycles. The number of hydrogen-bond acceptors (Lipinski definition) is 2. The Morgan fingerprint density at radius 1 is 0.864 bits per heavy atom. The fourth-order valence-corrected chi connectivity index (χ4v) is 4.17. The molecule has 0 unspecified atom stereocenters. The van der Waals surface area contributed by atoms with Gasteiger partial charge < -0.3 is 0 Å². The molecule has 1 nitrogen and oxygen atoms in total. The zero-order chi connectivity index (χ0) is 15.5. The number of benzene rings is 2. The van der Waals surface area contributed by atoms with Gasteiger partial charge in [-0.15, -0.1) is 11.3 Å². The summed E-state index contributed by atoms with van der Waals surface area (Å²) in [6, 6.07) is 16.4.